The van der Waals surface area contributed by atoms with Crippen LogP contribution in [0, 0.1) is 0 Å². The van der Waals surface area contributed by atoms with E-state index in [2.05, 4.69) is 17.3 Å². The molecular formula is C14H28N2O. The first-order valence-electron chi connectivity index (χ1n) is 7.31. The third kappa shape index (κ3) is 3.67. The Morgan fingerprint density at radius 1 is 1.18 bits per heavy atom. The molecule has 1 aliphatic heterocycles. The number of piperidine rings is 1. The largest absolute Gasteiger partial charge is 0.394 e. The van der Waals surface area contributed by atoms with Gasteiger partial charge >= 0.3 is 0 Å². The Morgan fingerprint density at radius 3 is 2.47 bits per heavy atom. The highest BCUT2D eigenvalue weighted by Crippen LogP contribution is 2.24. The summed E-state index contributed by atoms with van der Waals surface area (Å²) < 4.78 is 0. The lowest BCUT2D eigenvalue weighted by atomic mass is 9.88. The monoisotopic (exact) mass is 240 g/mol. The maximum absolute atomic E-state index is 9.77. The van der Waals surface area contributed by atoms with Gasteiger partial charge in [0.15, 0.2) is 0 Å². The van der Waals surface area contributed by atoms with Crippen molar-refractivity contribution in [3.8, 4) is 0 Å². The van der Waals surface area contributed by atoms with Crippen LogP contribution in [-0.2, 0) is 0 Å². The molecule has 2 N–H and O–H groups in total. The molecule has 100 valence electrons. The lowest BCUT2D eigenvalue weighted by Gasteiger charge is -2.43. The third-order valence-electron chi connectivity index (χ3n) is 4.44. The van der Waals surface area contributed by atoms with E-state index < -0.39 is 0 Å². The molecule has 1 saturated heterocycles. The number of likely N-dealkylation sites (tertiary alicyclic amines) is 1. The smallest absolute Gasteiger partial charge is 0.0625 e. The average molecular weight is 240 g/mol. The van der Waals surface area contributed by atoms with E-state index in [1.807, 2.05) is 0 Å². The van der Waals surface area contributed by atoms with Crippen molar-refractivity contribution in [2.75, 3.05) is 26.7 Å². The molecule has 0 bridgehead atoms. The Labute approximate surface area is 106 Å². The van der Waals surface area contributed by atoms with E-state index in [1.54, 1.807) is 0 Å². The Hall–Kier alpha value is -0.120. The summed E-state index contributed by atoms with van der Waals surface area (Å²) in [5, 5.41) is 13.6. The molecule has 3 nitrogen and oxygen atoms in total. The van der Waals surface area contributed by atoms with Gasteiger partial charge in [0.1, 0.15) is 0 Å². The normalized spacial score (nSPS) is 33.5. The molecule has 1 aliphatic carbocycles. The van der Waals surface area contributed by atoms with Crippen molar-refractivity contribution in [2.45, 2.75) is 62.9 Å². The molecule has 0 amide bonds. The molecule has 0 spiro atoms. The molecule has 0 aromatic carbocycles. The van der Waals surface area contributed by atoms with E-state index in [-0.39, 0.29) is 12.1 Å². The van der Waals surface area contributed by atoms with E-state index in [0.717, 1.165) is 13.0 Å². The summed E-state index contributed by atoms with van der Waals surface area (Å²) in [6.07, 6.45) is 10.4. The summed E-state index contributed by atoms with van der Waals surface area (Å²) in [5.41, 5.74) is -0.0258. The van der Waals surface area contributed by atoms with Crippen LogP contribution in [0.3, 0.4) is 0 Å². The van der Waals surface area contributed by atoms with Crippen molar-refractivity contribution >= 4 is 0 Å². The first-order chi connectivity index (χ1) is 8.24. The van der Waals surface area contributed by atoms with Crippen molar-refractivity contribution in [1.29, 1.82) is 0 Å². The van der Waals surface area contributed by atoms with E-state index in [9.17, 15) is 5.11 Å². The number of rotatable bonds is 3. The lowest BCUT2D eigenvalue weighted by Crippen LogP contribution is -2.61. The second-order valence-electron chi connectivity index (χ2n) is 6.11. The van der Waals surface area contributed by atoms with Crippen molar-refractivity contribution in [1.82, 2.24) is 10.2 Å². The fourth-order valence-corrected chi connectivity index (χ4v) is 3.51. The van der Waals surface area contributed by atoms with Crippen molar-refractivity contribution < 1.29 is 5.11 Å². The number of nitrogens with zero attached hydrogens (tertiary/aromatic N) is 1. The fraction of sp³-hybridized carbons (Fsp3) is 1.00. The summed E-state index contributed by atoms with van der Waals surface area (Å²) in [4.78, 5) is 2.35. The van der Waals surface area contributed by atoms with Crippen LogP contribution >= 0.6 is 0 Å². The van der Waals surface area contributed by atoms with E-state index >= 15 is 0 Å². The molecule has 0 aromatic rings. The van der Waals surface area contributed by atoms with Gasteiger partial charge in [-0.1, -0.05) is 25.7 Å². The number of aliphatic hydroxyl groups excluding tert-OH is 1. The number of nitrogens with one attached hydrogen (secondary N) is 1. The van der Waals surface area contributed by atoms with Gasteiger partial charge in [-0.2, -0.15) is 0 Å². The molecule has 17 heavy (non-hydrogen) atoms. The van der Waals surface area contributed by atoms with Gasteiger partial charge in [-0.25, -0.2) is 0 Å². The van der Waals surface area contributed by atoms with Gasteiger partial charge in [-0.05, 0) is 39.3 Å². The molecule has 1 saturated carbocycles. The fourth-order valence-electron chi connectivity index (χ4n) is 3.51. The third-order valence-corrected chi connectivity index (χ3v) is 4.44. The van der Waals surface area contributed by atoms with Crippen LogP contribution in [0.1, 0.15) is 51.4 Å². The Bertz CT molecular complexity index is 226. The quantitative estimate of drug-likeness (QED) is 0.738. The zero-order valence-electron chi connectivity index (χ0n) is 11.2. The Kier molecular flexibility index (Phi) is 4.83. The Morgan fingerprint density at radius 2 is 1.88 bits per heavy atom. The summed E-state index contributed by atoms with van der Waals surface area (Å²) >= 11 is 0. The van der Waals surface area contributed by atoms with Crippen molar-refractivity contribution in [3.05, 3.63) is 0 Å². The Balaban J connectivity index is 1.92. The van der Waals surface area contributed by atoms with Gasteiger partial charge in [0, 0.05) is 12.6 Å². The van der Waals surface area contributed by atoms with Crippen LogP contribution in [0.5, 0.6) is 0 Å². The number of aliphatic hydroxyl groups is 1. The van der Waals surface area contributed by atoms with Gasteiger partial charge in [0.2, 0.25) is 0 Å². The van der Waals surface area contributed by atoms with E-state index in [1.165, 1.54) is 51.5 Å². The lowest BCUT2D eigenvalue weighted by molar-refractivity contribution is 0.0684. The average Bonchev–Trinajstić information content (AvgIpc) is 2.57. The SMILES string of the molecule is CN1CCCC(CO)(NC2CCCCCC2)C1. The highest BCUT2D eigenvalue weighted by Gasteiger charge is 2.35. The molecule has 0 radical (unpaired) electrons. The minimum absolute atomic E-state index is 0.0258. The molecule has 2 rings (SSSR count). The van der Waals surface area contributed by atoms with E-state index in [4.69, 9.17) is 0 Å². The molecule has 2 aliphatic rings. The zero-order valence-corrected chi connectivity index (χ0v) is 11.2. The molecule has 1 unspecified atom stereocenters. The first-order valence-corrected chi connectivity index (χ1v) is 7.31. The van der Waals surface area contributed by atoms with Gasteiger partial charge < -0.3 is 15.3 Å². The van der Waals surface area contributed by atoms with Crippen molar-refractivity contribution in [3.63, 3.8) is 0 Å². The maximum Gasteiger partial charge on any atom is 0.0625 e. The highest BCUT2D eigenvalue weighted by molar-refractivity contribution is 4.95. The molecule has 3 heteroatoms. The first kappa shape index (κ1) is 13.3. The zero-order chi connectivity index (χ0) is 12.1. The maximum atomic E-state index is 9.77. The van der Waals surface area contributed by atoms with Gasteiger partial charge in [-0.3, -0.25) is 0 Å². The standard InChI is InChI=1S/C14H28N2O/c1-16-10-6-9-14(11-16,12-17)15-13-7-4-2-3-5-8-13/h13,15,17H,2-12H2,1H3. The van der Waals surface area contributed by atoms with Gasteiger partial charge in [-0.15, -0.1) is 0 Å². The van der Waals surface area contributed by atoms with Gasteiger partial charge in [0.05, 0.1) is 12.1 Å². The summed E-state index contributed by atoms with van der Waals surface area (Å²) in [7, 11) is 2.17. The van der Waals surface area contributed by atoms with Crippen molar-refractivity contribution in [2.24, 2.45) is 0 Å². The van der Waals surface area contributed by atoms with Crippen LogP contribution in [0.25, 0.3) is 0 Å². The van der Waals surface area contributed by atoms with Crippen LogP contribution in [0.2, 0.25) is 0 Å². The molecular weight excluding hydrogens is 212 g/mol. The second-order valence-corrected chi connectivity index (χ2v) is 6.11. The number of hydrogen-bond donors (Lipinski definition) is 2. The molecule has 1 heterocycles. The van der Waals surface area contributed by atoms with Crippen LogP contribution in [0.15, 0.2) is 0 Å². The number of likely N-dealkylation sites (N-methyl/N-ethyl adjacent to an activating group) is 1. The molecule has 0 aromatic heterocycles. The summed E-state index contributed by atoms with van der Waals surface area (Å²) in [6, 6.07) is 0.635. The minimum atomic E-state index is -0.0258. The number of hydrogen-bond acceptors (Lipinski definition) is 3. The van der Waals surface area contributed by atoms with Crippen LogP contribution in [-0.4, -0.2) is 48.3 Å². The molecule has 1 atom stereocenters. The van der Waals surface area contributed by atoms with E-state index in [0.29, 0.717) is 6.04 Å². The topological polar surface area (TPSA) is 35.5 Å². The van der Waals surface area contributed by atoms with Crippen LogP contribution < -0.4 is 5.32 Å². The van der Waals surface area contributed by atoms with Gasteiger partial charge in [0.25, 0.3) is 0 Å². The summed E-state index contributed by atoms with van der Waals surface area (Å²) in [6.45, 7) is 2.46. The molecule has 2 fully saturated rings. The summed E-state index contributed by atoms with van der Waals surface area (Å²) in [5.74, 6) is 0. The highest BCUT2D eigenvalue weighted by atomic mass is 16.3. The predicted octanol–water partition coefficient (Wildman–Crippen LogP) is 1.76. The minimum Gasteiger partial charge on any atom is -0.394 e. The van der Waals surface area contributed by atoms with Crippen LogP contribution in [0.4, 0.5) is 0 Å². The second kappa shape index (κ2) is 6.17. The predicted molar refractivity (Wildman–Crippen MR) is 71.2 cm³/mol.